The molecule has 1 atom stereocenters. The van der Waals surface area contributed by atoms with Gasteiger partial charge in [-0.2, -0.15) is 0 Å². The average molecular weight is 363 g/mol. The molecule has 1 aliphatic rings. The first-order chi connectivity index (χ1) is 12.0. The zero-order valence-corrected chi connectivity index (χ0v) is 15.1. The lowest BCUT2D eigenvalue weighted by Crippen LogP contribution is -2.44. The third-order valence-corrected chi connectivity index (χ3v) is 5.44. The van der Waals surface area contributed by atoms with Crippen molar-refractivity contribution in [1.29, 1.82) is 0 Å². The van der Waals surface area contributed by atoms with E-state index in [2.05, 4.69) is 10.2 Å². The van der Waals surface area contributed by atoms with Crippen LogP contribution in [0.1, 0.15) is 18.6 Å². The first kappa shape index (κ1) is 17.5. The maximum atomic E-state index is 12.4. The zero-order valence-electron chi connectivity index (χ0n) is 14.3. The monoisotopic (exact) mass is 363 g/mol. The SMILES string of the molecule is Cc1occc1-c1nnc(SCC(=O)N2CCC[C@H](C(N)=O)C2)n1C. The van der Waals surface area contributed by atoms with Crippen molar-refractivity contribution in [3.05, 3.63) is 18.1 Å². The van der Waals surface area contributed by atoms with Gasteiger partial charge in [-0.15, -0.1) is 10.2 Å². The van der Waals surface area contributed by atoms with Crippen LogP contribution < -0.4 is 5.73 Å². The van der Waals surface area contributed by atoms with E-state index in [1.165, 1.54) is 11.8 Å². The number of hydrogen-bond acceptors (Lipinski definition) is 6. The van der Waals surface area contributed by atoms with Crippen molar-refractivity contribution in [2.75, 3.05) is 18.8 Å². The number of furan rings is 1. The molecular formula is C16H21N5O3S. The number of nitrogens with zero attached hydrogens (tertiary/aromatic N) is 4. The van der Waals surface area contributed by atoms with Gasteiger partial charge in [-0.1, -0.05) is 11.8 Å². The normalized spacial score (nSPS) is 17.7. The van der Waals surface area contributed by atoms with Crippen LogP contribution in [0.25, 0.3) is 11.4 Å². The van der Waals surface area contributed by atoms with Crippen molar-refractivity contribution in [3.63, 3.8) is 0 Å². The first-order valence-electron chi connectivity index (χ1n) is 8.11. The Balaban J connectivity index is 1.62. The van der Waals surface area contributed by atoms with Gasteiger partial charge in [0.2, 0.25) is 11.8 Å². The molecule has 2 amide bonds. The van der Waals surface area contributed by atoms with Crippen molar-refractivity contribution >= 4 is 23.6 Å². The zero-order chi connectivity index (χ0) is 18.0. The van der Waals surface area contributed by atoms with E-state index in [0.29, 0.717) is 24.1 Å². The van der Waals surface area contributed by atoms with Crippen LogP contribution >= 0.6 is 11.8 Å². The van der Waals surface area contributed by atoms with Crippen molar-refractivity contribution in [1.82, 2.24) is 19.7 Å². The minimum Gasteiger partial charge on any atom is -0.469 e. The van der Waals surface area contributed by atoms with Crippen molar-refractivity contribution < 1.29 is 14.0 Å². The fraction of sp³-hybridized carbons (Fsp3) is 0.500. The number of likely N-dealkylation sites (tertiary alicyclic amines) is 1. The lowest BCUT2D eigenvalue weighted by atomic mass is 9.97. The summed E-state index contributed by atoms with van der Waals surface area (Å²) in [6.45, 7) is 2.94. The molecule has 8 nitrogen and oxygen atoms in total. The number of carbonyl (C=O) groups is 2. The standard InChI is InChI=1S/C16H21N5O3S/c1-10-12(5-7-24-10)15-18-19-16(20(15)2)25-9-13(22)21-6-3-4-11(8-21)14(17)23/h5,7,11H,3-4,6,8-9H2,1-2H3,(H2,17,23)/t11-/m0/s1. The van der Waals surface area contributed by atoms with Gasteiger partial charge in [0.25, 0.3) is 0 Å². The Hall–Kier alpha value is -2.29. The predicted molar refractivity (Wildman–Crippen MR) is 92.7 cm³/mol. The Labute approximate surface area is 149 Å². The summed E-state index contributed by atoms with van der Waals surface area (Å²) >= 11 is 1.33. The highest BCUT2D eigenvalue weighted by molar-refractivity contribution is 7.99. The molecule has 1 saturated heterocycles. The van der Waals surface area contributed by atoms with Gasteiger partial charge in [0.05, 0.1) is 23.5 Å². The molecule has 0 unspecified atom stereocenters. The highest BCUT2D eigenvalue weighted by Crippen LogP contribution is 2.26. The minimum absolute atomic E-state index is 0.0139. The molecule has 0 aliphatic carbocycles. The van der Waals surface area contributed by atoms with Gasteiger partial charge in [0.15, 0.2) is 11.0 Å². The number of nitrogens with two attached hydrogens (primary N) is 1. The molecule has 2 aromatic rings. The number of piperidine rings is 1. The van der Waals surface area contributed by atoms with Crippen LogP contribution in [0.4, 0.5) is 0 Å². The Morgan fingerprint density at radius 3 is 2.92 bits per heavy atom. The lowest BCUT2D eigenvalue weighted by molar-refractivity contribution is -0.132. The third-order valence-electron chi connectivity index (χ3n) is 4.44. The molecule has 3 rings (SSSR count). The van der Waals surface area contributed by atoms with Gasteiger partial charge in [-0.05, 0) is 25.8 Å². The molecule has 0 spiro atoms. The van der Waals surface area contributed by atoms with E-state index in [4.69, 9.17) is 10.2 Å². The number of aryl methyl sites for hydroxylation is 1. The molecule has 1 aliphatic heterocycles. The summed E-state index contributed by atoms with van der Waals surface area (Å²) in [5, 5.41) is 9.01. The highest BCUT2D eigenvalue weighted by Gasteiger charge is 2.27. The summed E-state index contributed by atoms with van der Waals surface area (Å²) in [6, 6.07) is 1.84. The van der Waals surface area contributed by atoms with E-state index < -0.39 is 0 Å². The summed E-state index contributed by atoms with van der Waals surface area (Å²) in [7, 11) is 1.86. The highest BCUT2D eigenvalue weighted by atomic mass is 32.2. The van der Waals surface area contributed by atoms with Gasteiger partial charge in [-0.3, -0.25) is 9.59 Å². The van der Waals surface area contributed by atoms with E-state index in [9.17, 15) is 9.59 Å². The van der Waals surface area contributed by atoms with Crippen LogP contribution in [0.3, 0.4) is 0 Å². The largest absolute Gasteiger partial charge is 0.469 e. The Kier molecular flexibility index (Phi) is 5.12. The van der Waals surface area contributed by atoms with Gasteiger partial charge in [0.1, 0.15) is 5.76 Å². The summed E-state index contributed by atoms with van der Waals surface area (Å²) in [5.41, 5.74) is 6.25. The molecule has 3 heterocycles. The molecule has 2 aromatic heterocycles. The maximum absolute atomic E-state index is 12.4. The number of thioether (sulfide) groups is 1. The van der Waals surface area contributed by atoms with Crippen molar-refractivity contribution in [2.24, 2.45) is 18.7 Å². The van der Waals surface area contributed by atoms with Crippen LogP contribution in [0.2, 0.25) is 0 Å². The fourth-order valence-electron chi connectivity index (χ4n) is 2.95. The van der Waals surface area contributed by atoms with E-state index >= 15 is 0 Å². The topological polar surface area (TPSA) is 107 Å². The molecular weight excluding hydrogens is 342 g/mol. The maximum Gasteiger partial charge on any atom is 0.233 e. The molecule has 0 saturated carbocycles. The smallest absolute Gasteiger partial charge is 0.233 e. The third kappa shape index (κ3) is 3.71. The number of amides is 2. The van der Waals surface area contributed by atoms with Crippen LogP contribution in [0.15, 0.2) is 21.9 Å². The quantitative estimate of drug-likeness (QED) is 0.800. The van der Waals surface area contributed by atoms with E-state index in [1.54, 1.807) is 11.2 Å². The van der Waals surface area contributed by atoms with Gasteiger partial charge >= 0.3 is 0 Å². The average Bonchev–Trinajstić information content (AvgIpc) is 3.18. The fourth-order valence-corrected chi connectivity index (χ4v) is 3.76. The summed E-state index contributed by atoms with van der Waals surface area (Å²) in [6.07, 6.45) is 3.17. The van der Waals surface area contributed by atoms with E-state index in [0.717, 1.165) is 24.2 Å². The first-order valence-corrected chi connectivity index (χ1v) is 9.09. The molecule has 1 fully saturated rings. The molecule has 2 N–H and O–H groups in total. The van der Waals surface area contributed by atoms with Crippen molar-refractivity contribution in [2.45, 2.75) is 24.9 Å². The van der Waals surface area contributed by atoms with Crippen LogP contribution in [0, 0.1) is 12.8 Å². The second-order valence-electron chi connectivity index (χ2n) is 6.13. The van der Waals surface area contributed by atoms with Gasteiger partial charge in [-0.25, -0.2) is 0 Å². The minimum atomic E-state index is -0.335. The van der Waals surface area contributed by atoms with Crippen LogP contribution in [-0.2, 0) is 16.6 Å². The van der Waals surface area contributed by atoms with Gasteiger partial charge in [0, 0.05) is 20.1 Å². The molecule has 25 heavy (non-hydrogen) atoms. The summed E-state index contributed by atoms with van der Waals surface area (Å²) in [4.78, 5) is 25.5. The number of rotatable bonds is 5. The second kappa shape index (κ2) is 7.30. The van der Waals surface area contributed by atoms with Crippen LogP contribution in [-0.4, -0.2) is 50.3 Å². The van der Waals surface area contributed by atoms with Gasteiger partial charge < -0.3 is 19.6 Å². The number of aromatic nitrogens is 3. The van der Waals surface area contributed by atoms with E-state index in [1.807, 2.05) is 24.6 Å². The van der Waals surface area contributed by atoms with E-state index in [-0.39, 0.29) is 23.5 Å². The molecule has 9 heteroatoms. The molecule has 0 aromatic carbocycles. The Morgan fingerprint density at radius 2 is 2.24 bits per heavy atom. The Morgan fingerprint density at radius 1 is 1.44 bits per heavy atom. The van der Waals surface area contributed by atoms with Crippen LogP contribution in [0.5, 0.6) is 0 Å². The summed E-state index contributed by atoms with van der Waals surface area (Å²) < 4.78 is 7.15. The predicted octanol–water partition coefficient (Wildman–Crippen LogP) is 1.20. The summed E-state index contributed by atoms with van der Waals surface area (Å²) in [5.74, 6) is 1.13. The number of carbonyl (C=O) groups excluding carboxylic acids is 2. The Bertz CT molecular complexity index is 785. The van der Waals surface area contributed by atoms with Crippen molar-refractivity contribution in [3.8, 4) is 11.4 Å². The molecule has 134 valence electrons. The molecule has 0 bridgehead atoms. The molecule has 0 radical (unpaired) electrons. The number of primary amides is 1. The lowest BCUT2D eigenvalue weighted by Gasteiger charge is -2.31. The second-order valence-corrected chi connectivity index (χ2v) is 7.07. The number of hydrogen-bond donors (Lipinski definition) is 1.